The number of urea groups is 1. The minimum absolute atomic E-state index is 0.0749. The fourth-order valence-corrected chi connectivity index (χ4v) is 4.98. The predicted molar refractivity (Wildman–Crippen MR) is 90.2 cm³/mol. The van der Waals surface area contributed by atoms with Gasteiger partial charge in [-0.2, -0.15) is 8.42 Å². The molecule has 0 aliphatic carbocycles. The highest BCUT2D eigenvalue weighted by atomic mass is 32.2. The number of hydrogen-bond donors (Lipinski definition) is 2. The van der Waals surface area contributed by atoms with E-state index in [0.717, 1.165) is 45.2 Å². The summed E-state index contributed by atoms with van der Waals surface area (Å²) in [6.07, 6.45) is 5.30. The molecule has 25 heavy (non-hydrogen) atoms. The van der Waals surface area contributed by atoms with Crippen LogP contribution in [0.4, 0.5) is 4.79 Å². The van der Waals surface area contributed by atoms with Gasteiger partial charge in [-0.05, 0) is 52.2 Å². The highest BCUT2D eigenvalue weighted by Gasteiger charge is 2.60. The lowest BCUT2D eigenvalue weighted by atomic mass is 10.0. The number of carbonyl (C=O) groups is 2. The van der Waals surface area contributed by atoms with Crippen LogP contribution >= 0.6 is 0 Å². The maximum absolute atomic E-state index is 12.6. The molecular weight excluding hydrogens is 348 g/mol. The average molecular weight is 374 g/mol. The standard InChI is InChI=1S/C15H26N4O5S/c1-17-8-3-2-5-11(6-4-9-17)16-15(21)18-10-7-12-13(18)14(20)19(12)25(22,23)24/h11-13H,2-10H2,1H3,(H,16,21)(H,22,23,24)/t11?,12-,13+/m1/s1. The molecule has 2 N–H and O–H groups in total. The van der Waals surface area contributed by atoms with E-state index in [1.807, 2.05) is 0 Å². The molecule has 0 aromatic rings. The van der Waals surface area contributed by atoms with Gasteiger partial charge in [0.1, 0.15) is 6.04 Å². The first kappa shape index (κ1) is 18.4. The van der Waals surface area contributed by atoms with Crippen LogP contribution in [0.25, 0.3) is 0 Å². The van der Waals surface area contributed by atoms with Crippen molar-refractivity contribution in [2.75, 3.05) is 26.7 Å². The Morgan fingerprint density at radius 3 is 2.52 bits per heavy atom. The number of rotatable bonds is 2. The van der Waals surface area contributed by atoms with Crippen molar-refractivity contribution >= 4 is 22.2 Å². The van der Waals surface area contributed by atoms with E-state index in [2.05, 4.69) is 17.3 Å². The summed E-state index contributed by atoms with van der Waals surface area (Å²) in [5, 5.41) is 3.02. The van der Waals surface area contributed by atoms with Gasteiger partial charge >= 0.3 is 16.3 Å². The van der Waals surface area contributed by atoms with Crippen molar-refractivity contribution in [2.24, 2.45) is 0 Å². The molecule has 3 heterocycles. The SMILES string of the molecule is CN1CCCCC(NC(=O)N2CC[C@@H]3[C@H]2C(=O)N3S(=O)(=O)O)CCC1. The number of nitrogens with zero attached hydrogens (tertiary/aromatic N) is 3. The van der Waals surface area contributed by atoms with Gasteiger partial charge in [0.2, 0.25) is 0 Å². The lowest BCUT2D eigenvalue weighted by molar-refractivity contribution is -0.143. The van der Waals surface area contributed by atoms with Crippen LogP contribution in [-0.2, 0) is 15.1 Å². The number of amides is 3. The highest BCUT2D eigenvalue weighted by Crippen LogP contribution is 2.35. The number of β-lactam (4-membered cyclic amide) rings is 1. The summed E-state index contributed by atoms with van der Waals surface area (Å²) in [6.45, 7) is 2.38. The van der Waals surface area contributed by atoms with Gasteiger partial charge in [0.15, 0.2) is 0 Å². The van der Waals surface area contributed by atoms with Gasteiger partial charge in [-0.3, -0.25) is 9.35 Å². The molecule has 10 heteroatoms. The minimum atomic E-state index is -4.54. The van der Waals surface area contributed by atoms with Gasteiger partial charge in [0.25, 0.3) is 5.91 Å². The maximum Gasteiger partial charge on any atom is 0.362 e. The third-order valence-corrected chi connectivity index (χ3v) is 6.36. The lowest BCUT2D eigenvalue weighted by Gasteiger charge is -2.42. The first-order valence-electron chi connectivity index (χ1n) is 8.85. The molecule has 3 atom stereocenters. The third kappa shape index (κ3) is 3.75. The molecule has 0 bridgehead atoms. The van der Waals surface area contributed by atoms with Crippen LogP contribution in [0.3, 0.4) is 0 Å². The zero-order valence-electron chi connectivity index (χ0n) is 14.4. The summed E-state index contributed by atoms with van der Waals surface area (Å²) < 4.78 is 32.0. The molecule has 3 rings (SSSR count). The van der Waals surface area contributed by atoms with Crippen LogP contribution in [0.1, 0.15) is 38.5 Å². The van der Waals surface area contributed by atoms with Crippen LogP contribution in [0.2, 0.25) is 0 Å². The minimum Gasteiger partial charge on any atom is -0.335 e. The summed E-state index contributed by atoms with van der Waals surface area (Å²) in [6, 6.07) is -1.65. The maximum atomic E-state index is 12.6. The molecule has 0 aromatic carbocycles. The molecule has 3 aliphatic heterocycles. The van der Waals surface area contributed by atoms with E-state index in [4.69, 9.17) is 4.55 Å². The van der Waals surface area contributed by atoms with Crippen LogP contribution in [0.15, 0.2) is 0 Å². The Balaban J connectivity index is 1.58. The van der Waals surface area contributed by atoms with Crippen LogP contribution < -0.4 is 5.32 Å². The van der Waals surface area contributed by atoms with E-state index in [9.17, 15) is 18.0 Å². The number of fused-ring (bicyclic) bond motifs is 1. The summed E-state index contributed by atoms with van der Waals surface area (Å²) in [5.74, 6) is -0.726. The van der Waals surface area contributed by atoms with Gasteiger partial charge < -0.3 is 15.1 Å². The second-order valence-electron chi connectivity index (χ2n) is 7.19. The van der Waals surface area contributed by atoms with E-state index in [1.54, 1.807) is 0 Å². The number of likely N-dealkylation sites (tertiary alicyclic amines) is 1. The molecule has 3 fully saturated rings. The zero-order valence-corrected chi connectivity index (χ0v) is 15.2. The molecule has 0 radical (unpaired) electrons. The van der Waals surface area contributed by atoms with Crippen molar-refractivity contribution in [3.8, 4) is 0 Å². The Labute approximate surface area is 148 Å². The first-order valence-corrected chi connectivity index (χ1v) is 10.2. The normalized spacial score (nSPS) is 31.6. The number of hydrogen-bond acceptors (Lipinski definition) is 5. The van der Waals surface area contributed by atoms with E-state index >= 15 is 0 Å². The van der Waals surface area contributed by atoms with Crippen LogP contribution in [0.5, 0.6) is 0 Å². The Kier molecular flexibility index (Phi) is 5.21. The molecule has 9 nitrogen and oxygen atoms in total. The Morgan fingerprint density at radius 1 is 1.12 bits per heavy atom. The second-order valence-corrected chi connectivity index (χ2v) is 8.48. The molecule has 0 spiro atoms. The lowest BCUT2D eigenvalue weighted by Crippen LogP contribution is -2.69. The van der Waals surface area contributed by atoms with Crippen molar-refractivity contribution in [2.45, 2.75) is 56.7 Å². The van der Waals surface area contributed by atoms with Crippen molar-refractivity contribution in [3.63, 3.8) is 0 Å². The van der Waals surface area contributed by atoms with Gasteiger partial charge in [-0.25, -0.2) is 9.10 Å². The van der Waals surface area contributed by atoms with Crippen LogP contribution in [0, 0.1) is 0 Å². The second kappa shape index (κ2) is 7.08. The molecule has 3 aliphatic rings. The summed E-state index contributed by atoms with van der Waals surface area (Å²) in [4.78, 5) is 28.3. The quantitative estimate of drug-likeness (QED) is 0.522. The Hall–Kier alpha value is -1.39. The Bertz CT molecular complexity index is 640. The number of carbonyl (C=O) groups excluding carboxylic acids is 2. The van der Waals surface area contributed by atoms with Crippen LogP contribution in [-0.4, -0.2) is 83.8 Å². The van der Waals surface area contributed by atoms with Crippen molar-refractivity contribution < 1.29 is 22.6 Å². The molecule has 0 saturated carbocycles. The summed E-state index contributed by atoms with van der Waals surface area (Å²) in [5.41, 5.74) is 0. The largest absolute Gasteiger partial charge is 0.362 e. The number of nitrogens with one attached hydrogen (secondary N) is 1. The van der Waals surface area contributed by atoms with E-state index in [0.29, 0.717) is 17.3 Å². The van der Waals surface area contributed by atoms with Crippen molar-refractivity contribution in [1.82, 2.24) is 19.4 Å². The average Bonchev–Trinajstić information content (AvgIpc) is 2.91. The molecular formula is C15H26N4O5S. The third-order valence-electron chi connectivity index (χ3n) is 5.41. The molecule has 1 unspecified atom stereocenters. The van der Waals surface area contributed by atoms with Gasteiger partial charge in [-0.15, -0.1) is 0 Å². The molecule has 142 valence electrons. The molecule has 3 saturated heterocycles. The Morgan fingerprint density at radius 2 is 1.80 bits per heavy atom. The fourth-order valence-electron chi connectivity index (χ4n) is 4.08. The summed E-state index contributed by atoms with van der Waals surface area (Å²) in [7, 11) is -2.44. The van der Waals surface area contributed by atoms with E-state index in [-0.39, 0.29) is 12.1 Å². The molecule has 3 amide bonds. The predicted octanol–water partition coefficient (Wildman–Crippen LogP) is 0.0484. The highest BCUT2D eigenvalue weighted by molar-refractivity contribution is 7.84. The zero-order chi connectivity index (χ0) is 18.2. The van der Waals surface area contributed by atoms with Gasteiger partial charge in [0.05, 0.1) is 6.04 Å². The van der Waals surface area contributed by atoms with E-state index in [1.165, 1.54) is 4.90 Å². The monoisotopic (exact) mass is 374 g/mol. The molecule has 0 aromatic heterocycles. The summed E-state index contributed by atoms with van der Waals surface area (Å²) >= 11 is 0. The fraction of sp³-hybridized carbons (Fsp3) is 0.867. The topological polar surface area (TPSA) is 110 Å². The van der Waals surface area contributed by atoms with Crippen molar-refractivity contribution in [1.29, 1.82) is 0 Å². The van der Waals surface area contributed by atoms with Gasteiger partial charge in [0, 0.05) is 12.6 Å². The smallest absolute Gasteiger partial charge is 0.335 e. The van der Waals surface area contributed by atoms with Crippen molar-refractivity contribution in [3.05, 3.63) is 0 Å². The van der Waals surface area contributed by atoms with Gasteiger partial charge in [-0.1, -0.05) is 6.42 Å². The first-order chi connectivity index (χ1) is 11.8. The van der Waals surface area contributed by atoms with E-state index < -0.39 is 28.3 Å².